The van der Waals surface area contributed by atoms with E-state index in [0.29, 0.717) is 0 Å². The van der Waals surface area contributed by atoms with E-state index >= 15 is 0 Å². The number of allylic oxidation sites excluding steroid dienone is 2. The van der Waals surface area contributed by atoms with Gasteiger partial charge in [0.05, 0.1) is 0 Å². The largest absolute Gasteiger partial charge is 0.0813 e. The minimum absolute atomic E-state index is 1.11. The molecule has 0 nitrogen and oxygen atoms in total. The van der Waals surface area contributed by atoms with Gasteiger partial charge in [0.2, 0.25) is 0 Å². The van der Waals surface area contributed by atoms with Gasteiger partial charge in [0.1, 0.15) is 0 Å². The Balaban J connectivity index is 2.83. The maximum absolute atomic E-state index is 3.84. The monoisotopic (exact) mass is 180 g/mol. The van der Waals surface area contributed by atoms with Gasteiger partial charge in [-0.3, -0.25) is 0 Å². The van der Waals surface area contributed by atoms with Gasteiger partial charge in [0, 0.05) is 0 Å². The normalized spacial score (nSPS) is 11.2. The number of hydrogen-bond donors (Lipinski definition) is 0. The van der Waals surface area contributed by atoms with Crippen LogP contribution in [0.15, 0.2) is 6.08 Å². The average molecular weight is 180 g/mol. The van der Waals surface area contributed by atoms with Gasteiger partial charge in [0.25, 0.3) is 0 Å². The quantitative estimate of drug-likeness (QED) is 0.451. The lowest BCUT2D eigenvalue weighted by Gasteiger charge is -1.99. The molecule has 2 radical (unpaired) electrons. The molecule has 0 heteroatoms. The Bertz CT molecular complexity index is 103. The van der Waals surface area contributed by atoms with Crippen molar-refractivity contribution in [3.63, 3.8) is 0 Å². The first-order valence-corrected chi connectivity index (χ1v) is 5.70. The molecule has 0 aliphatic carbocycles. The van der Waals surface area contributed by atoms with Gasteiger partial charge in [-0.15, -0.1) is 0 Å². The summed E-state index contributed by atoms with van der Waals surface area (Å²) in [5, 5.41) is 0. The Morgan fingerprint density at radius 1 is 0.923 bits per heavy atom. The number of rotatable bonds is 9. The molecule has 0 heterocycles. The van der Waals surface area contributed by atoms with E-state index in [2.05, 4.69) is 19.1 Å². The lowest BCUT2D eigenvalue weighted by atomic mass is 10.1. The molecule has 0 aromatic rings. The van der Waals surface area contributed by atoms with Crippen LogP contribution < -0.4 is 0 Å². The molecule has 0 aromatic carbocycles. The van der Waals surface area contributed by atoms with Crippen LogP contribution >= 0.6 is 0 Å². The molecular formula is C13H24. The maximum Gasteiger partial charge on any atom is -0.0345 e. The first-order valence-electron chi connectivity index (χ1n) is 5.70. The third-order valence-electron chi connectivity index (χ3n) is 2.30. The highest BCUT2D eigenvalue weighted by molar-refractivity contribution is 4.69. The van der Waals surface area contributed by atoms with E-state index < -0.39 is 0 Å². The molecule has 0 bridgehead atoms. The molecule has 0 unspecified atom stereocenters. The molecule has 0 saturated carbocycles. The van der Waals surface area contributed by atoms with Crippen LogP contribution in [0.3, 0.4) is 0 Å². The van der Waals surface area contributed by atoms with Crippen molar-refractivity contribution < 1.29 is 0 Å². The minimum Gasteiger partial charge on any atom is -0.0813 e. The summed E-state index contributed by atoms with van der Waals surface area (Å²) in [6, 6.07) is 0. The van der Waals surface area contributed by atoms with Crippen LogP contribution in [0.2, 0.25) is 0 Å². The molecule has 76 valence electrons. The molecule has 0 aromatic heterocycles. The van der Waals surface area contributed by atoms with Crippen LogP contribution in [0.4, 0.5) is 0 Å². The molecule has 0 aliphatic heterocycles. The van der Waals surface area contributed by atoms with Gasteiger partial charge in [-0.1, -0.05) is 64.0 Å². The van der Waals surface area contributed by atoms with Crippen molar-refractivity contribution in [2.45, 2.75) is 64.7 Å². The van der Waals surface area contributed by atoms with Crippen molar-refractivity contribution in [1.29, 1.82) is 0 Å². The third-order valence-corrected chi connectivity index (χ3v) is 2.30. The van der Waals surface area contributed by atoms with E-state index in [4.69, 9.17) is 0 Å². The van der Waals surface area contributed by atoms with Crippen LogP contribution in [0.5, 0.6) is 0 Å². The molecule has 0 spiro atoms. The van der Waals surface area contributed by atoms with Gasteiger partial charge >= 0.3 is 0 Å². The predicted octanol–water partition coefficient (Wildman–Crippen LogP) is 4.71. The Hall–Kier alpha value is -0.260. The van der Waals surface area contributed by atoms with Crippen LogP contribution in [-0.2, 0) is 0 Å². The molecule has 0 saturated heterocycles. The fourth-order valence-corrected chi connectivity index (χ4v) is 1.45. The summed E-state index contributed by atoms with van der Waals surface area (Å²) in [5.74, 6) is 0. The fourth-order valence-electron chi connectivity index (χ4n) is 1.45. The second-order valence-corrected chi connectivity index (χ2v) is 3.61. The molecule has 0 rings (SSSR count). The van der Waals surface area contributed by atoms with Crippen molar-refractivity contribution in [2.75, 3.05) is 0 Å². The summed E-state index contributed by atoms with van der Waals surface area (Å²) in [6.45, 7) is 5.81. The van der Waals surface area contributed by atoms with E-state index in [-0.39, 0.29) is 0 Å². The van der Waals surface area contributed by atoms with Gasteiger partial charge in [-0.05, 0) is 19.8 Å². The average Bonchev–Trinajstić information content (AvgIpc) is 2.16. The third kappa shape index (κ3) is 11.7. The number of unbranched alkanes of at least 4 members (excludes halogenated alkanes) is 8. The van der Waals surface area contributed by atoms with Gasteiger partial charge in [-0.25, -0.2) is 0 Å². The zero-order chi connectivity index (χ0) is 9.78. The second kappa shape index (κ2) is 11.7. The summed E-state index contributed by atoms with van der Waals surface area (Å²) in [6.07, 6.45) is 17.2. The van der Waals surface area contributed by atoms with E-state index in [1.807, 2.05) is 6.92 Å². The first kappa shape index (κ1) is 12.7. The summed E-state index contributed by atoms with van der Waals surface area (Å²) < 4.78 is 0. The second-order valence-electron chi connectivity index (χ2n) is 3.61. The lowest BCUT2D eigenvalue weighted by molar-refractivity contribution is 0.583. The molecule has 0 fully saturated rings. The van der Waals surface area contributed by atoms with Crippen LogP contribution in [0.25, 0.3) is 0 Å². The maximum atomic E-state index is 3.84. The Labute approximate surface area is 84.4 Å². The SMILES string of the molecule is [CH2]CCCCCCCCC/C=[C]/C. The molecule has 0 amide bonds. The summed E-state index contributed by atoms with van der Waals surface area (Å²) in [7, 11) is 0. The number of hydrogen-bond acceptors (Lipinski definition) is 0. The Morgan fingerprint density at radius 3 is 2.00 bits per heavy atom. The standard InChI is InChI=1S/C13H24/c1-3-5-7-9-11-13-12-10-8-6-4-2/h6H,1,3,5,7-13H2,2H3. The van der Waals surface area contributed by atoms with Gasteiger partial charge < -0.3 is 0 Å². The van der Waals surface area contributed by atoms with E-state index in [9.17, 15) is 0 Å². The smallest absolute Gasteiger partial charge is 0.0345 e. The highest BCUT2D eigenvalue weighted by Crippen LogP contribution is 2.09. The van der Waals surface area contributed by atoms with Gasteiger partial charge in [0.15, 0.2) is 0 Å². The van der Waals surface area contributed by atoms with Crippen LogP contribution in [0, 0.1) is 13.0 Å². The molecule has 13 heavy (non-hydrogen) atoms. The Morgan fingerprint density at radius 2 is 1.46 bits per heavy atom. The molecule has 0 atom stereocenters. The fraction of sp³-hybridized carbons (Fsp3) is 0.769. The van der Waals surface area contributed by atoms with Crippen LogP contribution in [0.1, 0.15) is 64.7 Å². The molecular weight excluding hydrogens is 156 g/mol. The van der Waals surface area contributed by atoms with Crippen molar-refractivity contribution in [2.24, 2.45) is 0 Å². The lowest BCUT2D eigenvalue weighted by Crippen LogP contribution is -1.79. The summed E-state index contributed by atoms with van der Waals surface area (Å²) in [4.78, 5) is 0. The zero-order valence-corrected chi connectivity index (χ0v) is 9.15. The summed E-state index contributed by atoms with van der Waals surface area (Å²) in [5.41, 5.74) is 0. The molecule has 0 aliphatic rings. The van der Waals surface area contributed by atoms with Crippen molar-refractivity contribution in [3.05, 3.63) is 19.1 Å². The predicted molar refractivity (Wildman–Crippen MR) is 60.4 cm³/mol. The first-order chi connectivity index (χ1) is 6.41. The zero-order valence-electron chi connectivity index (χ0n) is 9.15. The minimum atomic E-state index is 1.11. The van der Waals surface area contributed by atoms with Gasteiger partial charge in [-0.2, -0.15) is 0 Å². The van der Waals surface area contributed by atoms with E-state index in [0.717, 1.165) is 6.42 Å². The summed E-state index contributed by atoms with van der Waals surface area (Å²) >= 11 is 0. The molecule has 0 N–H and O–H groups in total. The highest BCUT2D eigenvalue weighted by Gasteiger charge is 1.89. The van der Waals surface area contributed by atoms with E-state index in [1.165, 1.54) is 51.4 Å². The topological polar surface area (TPSA) is 0 Å². The Kier molecular flexibility index (Phi) is 11.5. The van der Waals surface area contributed by atoms with Crippen molar-refractivity contribution in [3.8, 4) is 0 Å². The van der Waals surface area contributed by atoms with Crippen molar-refractivity contribution >= 4 is 0 Å². The van der Waals surface area contributed by atoms with E-state index in [1.54, 1.807) is 0 Å². The van der Waals surface area contributed by atoms with Crippen LogP contribution in [-0.4, -0.2) is 0 Å². The highest BCUT2D eigenvalue weighted by atomic mass is 14.0. The van der Waals surface area contributed by atoms with Crippen molar-refractivity contribution in [1.82, 2.24) is 0 Å².